The average molecular weight is 515 g/mol. The van der Waals surface area contributed by atoms with E-state index in [-0.39, 0.29) is 35.6 Å². The van der Waals surface area contributed by atoms with Crippen molar-refractivity contribution in [2.45, 2.75) is 57.8 Å². The van der Waals surface area contributed by atoms with Crippen LogP contribution in [0.1, 0.15) is 56.3 Å². The molecule has 0 unspecified atom stereocenters. The van der Waals surface area contributed by atoms with Gasteiger partial charge < -0.3 is 14.2 Å². The smallest absolute Gasteiger partial charge is 0.338 e. The molecule has 0 bridgehead atoms. The molecule has 2 saturated carbocycles. The summed E-state index contributed by atoms with van der Waals surface area (Å²) in [5.41, 5.74) is 0.537. The first-order chi connectivity index (χ1) is 15.9. The monoisotopic (exact) mass is 514 g/mol. The number of carbonyl (C=O) groups is 2. The molecule has 176 valence electrons. The topological polar surface area (TPSA) is 61.8 Å². The van der Waals surface area contributed by atoms with Crippen molar-refractivity contribution in [1.29, 1.82) is 0 Å². The second kappa shape index (κ2) is 10.5. The minimum Gasteiger partial charge on any atom is -0.458 e. The molecule has 5 atom stereocenters. The van der Waals surface area contributed by atoms with Crippen molar-refractivity contribution in [1.82, 2.24) is 0 Å². The van der Waals surface area contributed by atoms with Crippen molar-refractivity contribution in [2.24, 2.45) is 23.7 Å². The molecule has 2 aliphatic carbocycles. The van der Waals surface area contributed by atoms with E-state index in [0.717, 1.165) is 25.7 Å². The first kappa shape index (κ1) is 24.2. The molecule has 0 amide bonds. The minimum absolute atomic E-state index is 0.0260. The quantitative estimate of drug-likeness (QED) is 0.293. The van der Waals surface area contributed by atoms with Gasteiger partial charge in [-0.2, -0.15) is 0 Å². The van der Waals surface area contributed by atoms with E-state index < -0.39 is 5.79 Å². The van der Waals surface area contributed by atoms with Gasteiger partial charge in [-0.3, -0.25) is 4.79 Å². The largest absolute Gasteiger partial charge is 0.458 e. The van der Waals surface area contributed by atoms with Crippen LogP contribution in [0, 0.1) is 35.5 Å². The first-order valence-corrected chi connectivity index (χ1v) is 12.6. The third-order valence-electron chi connectivity index (χ3n) is 7.00. The van der Waals surface area contributed by atoms with Gasteiger partial charge in [0.15, 0.2) is 11.6 Å². The molecule has 1 spiro atoms. The molecule has 3 aliphatic rings. The summed E-state index contributed by atoms with van der Waals surface area (Å²) in [7, 11) is 0. The molecule has 1 aliphatic heterocycles. The Kier molecular flexibility index (Phi) is 7.73. The Morgan fingerprint density at radius 1 is 1.21 bits per heavy atom. The summed E-state index contributed by atoms with van der Waals surface area (Å²) in [6.45, 7) is 5.13. The molecular weight excluding hydrogens is 484 g/mol. The summed E-state index contributed by atoms with van der Waals surface area (Å²) in [6, 6.07) is 9.05. The lowest BCUT2D eigenvalue weighted by Gasteiger charge is -2.27. The maximum absolute atomic E-state index is 13.0. The highest BCUT2D eigenvalue weighted by Gasteiger charge is 2.57. The molecule has 33 heavy (non-hydrogen) atoms. The summed E-state index contributed by atoms with van der Waals surface area (Å²) in [5.74, 6) is 5.54. The molecule has 5 nitrogen and oxygen atoms in total. The fraction of sp³-hybridized carbons (Fsp3) is 0.556. The number of allylic oxidation sites excluding steroid dienone is 1. The van der Waals surface area contributed by atoms with E-state index in [0.29, 0.717) is 35.6 Å². The lowest BCUT2D eigenvalue weighted by atomic mass is 9.89. The number of halogens is 1. The van der Waals surface area contributed by atoms with Gasteiger partial charge in [-0.1, -0.05) is 38.1 Å². The Balaban J connectivity index is 1.53. The molecule has 1 heterocycles. The van der Waals surface area contributed by atoms with Gasteiger partial charge in [-0.05, 0) is 46.3 Å². The summed E-state index contributed by atoms with van der Waals surface area (Å²) >= 11 is 3.53. The van der Waals surface area contributed by atoms with Gasteiger partial charge in [0.2, 0.25) is 0 Å². The number of carbonyl (C=O) groups excluding carboxylic acids is 2. The summed E-state index contributed by atoms with van der Waals surface area (Å²) < 4.78 is 18.5. The van der Waals surface area contributed by atoms with Gasteiger partial charge in [-0.25, -0.2) is 4.79 Å². The third kappa shape index (κ3) is 5.42. The number of esters is 1. The Hall–Kier alpha value is -1.94. The fourth-order valence-electron chi connectivity index (χ4n) is 5.40. The van der Waals surface area contributed by atoms with Crippen molar-refractivity contribution >= 4 is 27.7 Å². The van der Waals surface area contributed by atoms with Crippen LogP contribution >= 0.6 is 15.9 Å². The first-order valence-electron chi connectivity index (χ1n) is 11.8. The molecule has 0 radical (unpaired) electrons. The molecular formula is C27H31BrO5. The number of hydrogen-bond acceptors (Lipinski definition) is 5. The van der Waals surface area contributed by atoms with Gasteiger partial charge in [0, 0.05) is 37.5 Å². The van der Waals surface area contributed by atoms with Crippen LogP contribution in [0.15, 0.2) is 40.9 Å². The highest BCUT2D eigenvalue weighted by molar-refractivity contribution is 9.12. The Labute approximate surface area is 204 Å². The minimum atomic E-state index is -0.519. The molecule has 1 saturated heterocycles. The molecule has 0 aromatic heterocycles. The van der Waals surface area contributed by atoms with Crippen LogP contribution < -0.4 is 0 Å². The van der Waals surface area contributed by atoms with Gasteiger partial charge in [0.25, 0.3) is 0 Å². The maximum Gasteiger partial charge on any atom is 0.338 e. The Bertz CT molecular complexity index is 954. The lowest BCUT2D eigenvalue weighted by Crippen LogP contribution is -2.31. The van der Waals surface area contributed by atoms with E-state index >= 15 is 0 Å². The molecule has 1 aromatic rings. The van der Waals surface area contributed by atoms with Crippen molar-refractivity contribution in [3.8, 4) is 11.8 Å². The number of ether oxygens (including phenoxy) is 3. The van der Waals surface area contributed by atoms with Crippen LogP contribution in [0.2, 0.25) is 0 Å². The second-order valence-electron chi connectivity index (χ2n) is 9.25. The van der Waals surface area contributed by atoms with E-state index in [9.17, 15) is 9.59 Å². The number of hydrogen-bond donors (Lipinski definition) is 0. The molecule has 3 fully saturated rings. The van der Waals surface area contributed by atoms with Crippen LogP contribution in [0.25, 0.3) is 0 Å². The van der Waals surface area contributed by atoms with Gasteiger partial charge in [0.1, 0.15) is 6.10 Å². The average Bonchev–Trinajstić information content (AvgIpc) is 3.50. The van der Waals surface area contributed by atoms with Crippen LogP contribution in [0.4, 0.5) is 0 Å². The van der Waals surface area contributed by atoms with E-state index in [4.69, 9.17) is 14.2 Å². The maximum atomic E-state index is 13.0. The van der Waals surface area contributed by atoms with E-state index in [2.05, 4.69) is 27.8 Å². The predicted octanol–water partition coefficient (Wildman–Crippen LogP) is 5.29. The standard InChI is InChI=1S/C27H31BrO5/c1-3-4-6-9-18(2)25(29)23(28)15-21-22-17-27(31-12-13-32-27)16-20(22)14-24(21)33-26(30)19-10-7-5-8-11-19/h5,7-8,10-11,15,18,20-22,24H,3,9,12-14,16-17H2,1-2H3/t18-,20+,21+,22-,24+/m0/s1. The number of ketones is 1. The zero-order valence-corrected chi connectivity index (χ0v) is 20.8. The summed E-state index contributed by atoms with van der Waals surface area (Å²) in [6.07, 6.45) is 5.29. The Morgan fingerprint density at radius 2 is 1.94 bits per heavy atom. The summed E-state index contributed by atoms with van der Waals surface area (Å²) in [4.78, 5) is 25.8. The third-order valence-corrected chi connectivity index (χ3v) is 7.65. The number of rotatable bonds is 6. The van der Waals surface area contributed by atoms with E-state index in [1.807, 2.05) is 38.1 Å². The number of benzene rings is 1. The van der Waals surface area contributed by atoms with Crippen molar-refractivity contribution in [3.05, 3.63) is 46.5 Å². The summed E-state index contributed by atoms with van der Waals surface area (Å²) in [5, 5.41) is 0. The molecule has 1 aromatic carbocycles. The second-order valence-corrected chi connectivity index (χ2v) is 10.1. The highest BCUT2D eigenvalue weighted by atomic mass is 79.9. The van der Waals surface area contributed by atoms with Gasteiger partial charge in [0.05, 0.1) is 23.3 Å². The molecule has 0 N–H and O–H groups in total. The fourth-order valence-corrected chi connectivity index (χ4v) is 6.10. The van der Waals surface area contributed by atoms with Crippen molar-refractivity contribution < 1.29 is 23.8 Å². The zero-order valence-electron chi connectivity index (χ0n) is 19.2. The van der Waals surface area contributed by atoms with Crippen LogP contribution in [-0.2, 0) is 19.0 Å². The van der Waals surface area contributed by atoms with Gasteiger partial charge in [-0.15, -0.1) is 11.8 Å². The Morgan fingerprint density at radius 3 is 2.64 bits per heavy atom. The number of fused-ring (bicyclic) bond motifs is 1. The highest BCUT2D eigenvalue weighted by Crippen LogP contribution is 2.55. The van der Waals surface area contributed by atoms with Crippen molar-refractivity contribution in [3.63, 3.8) is 0 Å². The van der Waals surface area contributed by atoms with Crippen LogP contribution in [-0.4, -0.2) is 36.9 Å². The van der Waals surface area contributed by atoms with E-state index in [1.165, 1.54) is 0 Å². The predicted molar refractivity (Wildman–Crippen MR) is 128 cm³/mol. The van der Waals surface area contributed by atoms with E-state index in [1.54, 1.807) is 12.1 Å². The van der Waals surface area contributed by atoms with Crippen LogP contribution in [0.3, 0.4) is 0 Å². The normalized spacial score (nSPS) is 28.8. The molecule has 4 rings (SSSR count). The van der Waals surface area contributed by atoms with Gasteiger partial charge >= 0.3 is 5.97 Å². The van der Waals surface area contributed by atoms with Crippen molar-refractivity contribution in [2.75, 3.05) is 13.2 Å². The van der Waals surface area contributed by atoms with Crippen LogP contribution in [0.5, 0.6) is 0 Å². The SMILES string of the molecule is CCC#CC[C@H](C)C(=O)C(Br)=C[C@@H]1[C@H]2CC3(C[C@H]2C[C@H]1OC(=O)c1ccccc1)OCCO3. The zero-order chi connectivity index (χ0) is 23.4. The lowest BCUT2D eigenvalue weighted by molar-refractivity contribution is -0.157. The molecule has 6 heteroatoms. The number of Topliss-reactive ketones (excluding diaryl/α,β-unsaturated/α-hetero) is 1.